The molecule has 1 saturated heterocycles. The van der Waals surface area contributed by atoms with Gasteiger partial charge in [0.2, 0.25) is 0 Å². The standard InChI is InChI=1S/C13H17N3O3.2ClH/c14-2-1-10(16-5-3-15-4-6-16)13-11(18)7-9(17)8-12(13)19;;/h7-8,10,15,17-19H,1,3-6H2;2*1H/t10-;;/m0../s1. The second-order valence-electron chi connectivity index (χ2n) is 4.56. The van der Waals surface area contributed by atoms with Crippen LogP contribution in [0.3, 0.4) is 0 Å². The van der Waals surface area contributed by atoms with E-state index in [-0.39, 0.29) is 54.5 Å². The average molecular weight is 336 g/mol. The van der Waals surface area contributed by atoms with Crippen molar-refractivity contribution in [2.24, 2.45) is 0 Å². The molecule has 0 spiro atoms. The highest BCUT2D eigenvalue weighted by molar-refractivity contribution is 5.85. The Kier molecular flexibility index (Phi) is 8.22. The monoisotopic (exact) mass is 335 g/mol. The molecule has 1 aliphatic heterocycles. The maximum Gasteiger partial charge on any atom is 0.127 e. The summed E-state index contributed by atoms with van der Waals surface area (Å²) in [6.07, 6.45) is 0.173. The Hall–Kier alpha value is -1.39. The number of piperazine rings is 1. The van der Waals surface area contributed by atoms with Crippen LogP contribution in [0.5, 0.6) is 17.2 Å². The molecule has 0 aliphatic carbocycles. The molecule has 1 fully saturated rings. The molecule has 1 aliphatic rings. The molecule has 0 unspecified atom stereocenters. The van der Waals surface area contributed by atoms with Gasteiger partial charge in [0, 0.05) is 38.3 Å². The number of rotatable bonds is 3. The number of hydrogen-bond donors (Lipinski definition) is 4. The molecule has 118 valence electrons. The van der Waals surface area contributed by atoms with Crippen LogP contribution >= 0.6 is 24.8 Å². The highest BCUT2D eigenvalue weighted by Crippen LogP contribution is 2.40. The Morgan fingerprint density at radius 2 is 1.67 bits per heavy atom. The largest absolute Gasteiger partial charge is 0.508 e. The van der Waals surface area contributed by atoms with E-state index in [4.69, 9.17) is 5.26 Å². The summed E-state index contributed by atoms with van der Waals surface area (Å²) in [6.45, 7) is 3.10. The van der Waals surface area contributed by atoms with Crippen LogP contribution in [0.25, 0.3) is 0 Å². The van der Waals surface area contributed by atoms with E-state index in [0.717, 1.165) is 26.2 Å². The molecule has 1 aromatic carbocycles. The molecule has 0 saturated carbocycles. The average Bonchev–Trinajstić information content (AvgIpc) is 2.37. The number of aromatic hydroxyl groups is 3. The van der Waals surface area contributed by atoms with Gasteiger partial charge in [0.25, 0.3) is 0 Å². The molecule has 2 rings (SSSR count). The van der Waals surface area contributed by atoms with Gasteiger partial charge in [0.15, 0.2) is 0 Å². The molecule has 1 atom stereocenters. The van der Waals surface area contributed by atoms with E-state index in [1.807, 2.05) is 4.90 Å². The third kappa shape index (κ3) is 4.55. The van der Waals surface area contributed by atoms with E-state index in [2.05, 4.69) is 11.4 Å². The van der Waals surface area contributed by atoms with Gasteiger partial charge in [0.1, 0.15) is 17.2 Å². The predicted octanol–water partition coefficient (Wildman–Crippen LogP) is 1.51. The number of benzene rings is 1. The molecule has 1 aromatic rings. The van der Waals surface area contributed by atoms with Gasteiger partial charge >= 0.3 is 0 Å². The second kappa shape index (κ2) is 8.80. The molecular formula is C13H19Cl2N3O3. The van der Waals surface area contributed by atoms with Crippen molar-refractivity contribution in [3.05, 3.63) is 17.7 Å². The van der Waals surface area contributed by atoms with Gasteiger partial charge in [-0.1, -0.05) is 0 Å². The first-order valence-corrected chi connectivity index (χ1v) is 6.20. The van der Waals surface area contributed by atoms with Gasteiger partial charge in [-0.3, -0.25) is 4.90 Å². The Morgan fingerprint density at radius 1 is 1.14 bits per heavy atom. The minimum atomic E-state index is -0.368. The van der Waals surface area contributed by atoms with Crippen molar-refractivity contribution in [2.75, 3.05) is 26.2 Å². The molecule has 0 radical (unpaired) electrons. The third-order valence-corrected chi connectivity index (χ3v) is 3.33. The topological polar surface area (TPSA) is 99.8 Å². The van der Waals surface area contributed by atoms with Crippen molar-refractivity contribution >= 4 is 24.8 Å². The first kappa shape index (κ1) is 19.6. The summed E-state index contributed by atoms with van der Waals surface area (Å²) in [5.74, 6) is -0.567. The van der Waals surface area contributed by atoms with Crippen LogP contribution in [0.15, 0.2) is 12.1 Å². The van der Waals surface area contributed by atoms with E-state index in [0.29, 0.717) is 5.56 Å². The van der Waals surface area contributed by atoms with Gasteiger partial charge in [0.05, 0.1) is 24.1 Å². The maximum atomic E-state index is 9.93. The lowest BCUT2D eigenvalue weighted by atomic mass is 9.99. The van der Waals surface area contributed by atoms with Gasteiger partial charge in [-0.25, -0.2) is 0 Å². The van der Waals surface area contributed by atoms with E-state index in [1.165, 1.54) is 12.1 Å². The third-order valence-electron chi connectivity index (χ3n) is 3.33. The van der Waals surface area contributed by atoms with Crippen molar-refractivity contribution in [1.29, 1.82) is 5.26 Å². The van der Waals surface area contributed by atoms with Crippen LogP contribution in [-0.2, 0) is 0 Å². The fourth-order valence-corrected chi connectivity index (χ4v) is 2.44. The number of hydrogen-bond acceptors (Lipinski definition) is 6. The SMILES string of the molecule is Cl.Cl.N#CC[C@@H](c1c(O)cc(O)cc1O)N1CCNCC1. The van der Waals surface area contributed by atoms with Gasteiger partial charge in [-0.2, -0.15) is 5.26 Å². The van der Waals surface area contributed by atoms with Crippen LogP contribution < -0.4 is 5.32 Å². The molecule has 21 heavy (non-hydrogen) atoms. The lowest BCUT2D eigenvalue weighted by Crippen LogP contribution is -2.45. The second-order valence-corrected chi connectivity index (χ2v) is 4.56. The number of nitriles is 1. The van der Waals surface area contributed by atoms with E-state index in [9.17, 15) is 15.3 Å². The first-order chi connectivity index (χ1) is 9.13. The summed E-state index contributed by atoms with van der Waals surface area (Å²) in [4.78, 5) is 2.05. The Bertz CT molecular complexity index is 479. The zero-order valence-corrected chi connectivity index (χ0v) is 13.0. The minimum absolute atomic E-state index is 0. The van der Waals surface area contributed by atoms with Crippen molar-refractivity contribution < 1.29 is 15.3 Å². The summed E-state index contributed by atoms with van der Waals surface area (Å²) in [5.41, 5.74) is 0.307. The fraction of sp³-hybridized carbons (Fsp3) is 0.462. The number of nitrogens with zero attached hydrogens (tertiary/aromatic N) is 2. The quantitative estimate of drug-likeness (QED) is 0.668. The zero-order chi connectivity index (χ0) is 13.8. The summed E-state index contributed by atoms with van der Waals surface area (Å²) < 4.78 is 0. The van der Waals surface area contributed by atoms with Crippen molar-refractivity contribution in [1.82, 2.24) is 10.2 Å². The van der Waals surface area contributed by atoms with Crippen molar-refractivity contribution in [3.8, 4) is 23.3 Å². The van der Waals surface area contributed by atoms with Crippen molar-refractivity contribution in [2.45, 2.75) is 12.5 Å². The van der Waals surface area contributed by atoms with Gasteiger partial charge < -0.3 is 20.6 Å². The molecule has 8 heteroatoms. The zero-order valence-electron chi connectivity index (χ0n) is 11.3. The summed E-state index contributed by atoms with van der Waals surface area (Å²) in [6, 6.07) is 4.08. The molecule has 6 nitrogen and oxygen atoms in total. The molecule has 1 heterocycles. The molecular weight excluding hydrogens is 317 g/mol. The summed E-state index contributed by atoms with van der Waals surface area (Å²) in [5, 5.41) is 41.4. The van der Waals surface area contributed by atoms with Gasteiger partial charge in [-0.05, 0) is 0 Å². The van der Waals surface area contributed by atoms with Crippen LogP contribution in [0, 0.1) is 11.3 Å². The fourth-order valence-electron chi connectivity index (χ4n) is 2.44. The molecule has 0 bridgehead atoms. The van der Waals surface area contributed by atoms with E-state index < -0.39 is 0 Å². The van der Waals surface area contributed by atoms with E-state index in [1.54, 1.807) is 0 Å². The number of halogens is 2. The Labute approximate surface area is 135 Å². The van der Waals surface area contributed by atoms with Crippen LogP contribution in [0.4, 0.5) is 0 Å². The lowest BCUT2D eigenvalue weighted by Gasteiger charge is -2.34. The molecule has 0 amide bonds. The van der Waals surface area contributed by atoms with Gasteiger partial charge in [-0.15, -0.1) is 24.8 Å². The maximum absolute atomic E-state index is 9.93. The van der Waals surface area contributed by atoms with Crippen molar-refractivity contribution in [3.63, 3.8) is 0 Å². The predicted molar refractivity (Wildman–Crippen MR) is 83.3 cm³/mol. The van der Waals surface area contributed by atoms with Crippen LogP contribution in [0.1, 0.15) is 18.0 Å². The lowest BCUT2D eigenvalue weighted by molar-refractivity contribution is 0.170. The summed E-state index contributed by atoms with van der Waals surface area (Å²) in [7, 11) is 0. The Balaban J connectivity index is 0.00000200. The number of phenolic OH excluding ortho intramolecular Hbond substituents is 3. The Morgan fingerprint density at radius 3 is 2.14 bits per heavy atom. The van der Waals surface area contributed by atoms with E-state index >= 15 is 0 Å². The van der Waals surface area contributed by atoms with Crippen LogP contribution in [-0.4, -0.2) is 46.4 Å². The molecule has 0 aromatic heterocycles. The molecule has 4 N–H and O–H groups in total. The number of nitrogens with one attached hydrogen (secondary N) is 1. The normalized spacial score (nSPS) is 16.1. The summed E-state index contributed by atoms with van der Waals surface area (Å²) >= 11 is 0. The smallest absolute Gasteiger partial charge is 0.127 e. The number of phenols is 3. The minimum Gasteiger partial charge on any atom is -0.508 e. The highest BCUT2D eigenvalue weighted by Gasteiger charge is 2.27. The highest BCUT2D eigenvalue weighted by atomic mass is 35.5. The first-order valence-electron chi connectivity index (χ1n) is 6.20. The van der Waals surface area contributed by atoms with Crippen LogP contribution in [0.2, 0.25) is 0 Å².